The fourth-order valence-electron chi connectivity index (χ4n) is 4.37. The second-order valence-corrected chi connectivity index (χ2v) is 27.6. The molecule has 4 atom stereocenters. The first kappa shape index (κ1) is 38.2. The summed E-state index contributed by atoms with van der Waals surface area (Å²) in [5, 5.41) is 0. The van der Waals surface area contributed by atoms with Crippen LogP contribution in [0.4, 0.5) is 4.39 Å². The quantitative estimate of drug-likeness (QED) is 0.206. The van der Waals surface area contributed by atoms with E-state index in [1.807, 2.05) is 26.6 Å². The Morgan fingerprint density at radius 1 is 0.744 bits per heavy atom. The number of alkyl halides is 2. The van der Waals surface area contributed by atoms with E-state index in [1.54, 1.807) is 4.90 Å². The minimum atomic E-state index is -1.90. The van der Waals surface area contributed by atoms with Crippen molar-refractivity contribution in [1.82, 2.24) is 9.47 Å². The van der Waals surface area contributed by atoms with Gasteiger partial charge in [-0.15, -0.1) is 23.2 Å². The molecule has 0 aromatic carbocycles. The van der Waals surface area contributed by atoms with E-state index in [0.717, 1.165) is 13.0 Å². The molecule has 2 heterocycles. The van der Waals surface area contributed by atoms with Crippen LogP contribution in [0.1, 0.15) is 26.7 Å². The molecule has 8 nitrogen and oxygen atoms in total. The molecule has 0 aliphatic carbocycles. The average molecular weight is 648 g/mol. The molecule has 2 saturated heterocycles. The van der Waals surface area contributed by atoms with Crippen molar-refractivity contribution in [1.29, 1.82) is 0 Å². The Morgan fingerprint density at radius 2 is 1.13 bits per heavy atom. The van der Waals surface area contributed by atoms with Gasteiger partial charge >= 0.3 is 18.0 Å². The number of halogens is 3. The van der Waals surface area contributed by atoms with Gasteiger partial charge < -0.3 is 18.3 Å². The third kappa shape index (κ3) is 15.1. The molecule has 0 radical (unpaired) electrons. The van der Waals surface area contributed by atoms with E-state index in [4.69, 9.17) is 25.2 Å². The number of carbonyl (C=O) groups excluding carboxylic acids is 4. The zero-order valence-corrected chi connectivity index (χ0v) is 30.0. The van der Waals surface area contributed by atoms with Gasteiger partial charge in [-0.25, -0.2) is 0 Å². The highest BCUT2D eigenvalue weighted by Crippen LogP contribution is 2.29. The number of rotatable bonds is 7. The summed E-state index contributed by atoms with van der Waals surface area (Å²) in [6.45, 7) is 24.9. The van der Waals surface area contributed by atoms with Gasteiger partial charge in [-0.2, -0.15) is 4.39 Å². The first-order valence-electron chi connectivity index (χ1n) is 13.3. The number of amides is 1. The molecule has 0 unspecified atom stereocenters. The van der Waals surface area contributed by atoms with Crippen molar-refractivity contribution in [2.24, 2.45) is 11.8 Å². The number of hydrogen-bond donors (Lipinski definition) is 0. The maximum absolute atomic E-state index is 12.3. The van der Waals surface area contributed by atoms with Crippen LogP contribution in [0.3, 0.4) is 0 Å². The third-order valence-corrected chi connectivity index (χ3v) is 10.1. The highest BCUT2D eigenvalue weighted by atomic mass is 35.5. The Hall–Kier alpha value is -0.799. The molecule has 1 amide bonds. The second-order valence-electron chi connectivity index (χ2n) is 13.3. The number of likely N-dealkylation sites (tertiary alicyclic amines) is 1. The average Bonchev–Trinajstić information content (AvgIpc) is 3.34. The Morgan fingerprint density at radius 3 is 1.49 bits per heavy atom. The standard InChI is InChI=1S/C12H27NO2Si2.C11H20ClNO3Si.C2H2ClFO/c1-10-8-11(12(14)15-17(5,6)7)13(9-10)16(2,3)4;1-8-5-9(11(15)16-17(2,3)4)13(7-8)10(14)6-12;3-1-2(4)5/h10-11H,8-9H2,1-7H3;8-9H,5-7H2,1-4H3;1H2/t10-,11+;8-,9+;/m11./s1. The minimum absolute atomic E-state index is 0.0170. The first-order valence-corrected chi connectivity index (χ1v) is 24.7. The molecule has 0 aromatic rings. The van der Waals surface area contributed by atoms with E-state index in [1.165, 1.54) is 0 Å². The van der Waals surface area contributed by atoms with Crippen molar-refractivity contribution < 1.29 is 32.4 Å². The topological polar surface area (TPSA) is 93.2 Å². The van der Waals surface area contributed by atoms with Gasteiger partial charge in [0.2, 0.25) is 22.5 Å². The molecule has 2 rings (SSSR count). The molecule has 0 aromatic heterocycles. The minimum Gasteiger partial charge on any atom is -0.519 e. The van der Waals surface area contributed by atoms with Crippen LogP contribution in [-0.4, -0.2) is 95.2 Å². The molecular formula is C25H49Cl2FN2O6Si3. The van der Waals surface area contributed by atoms with Crippen LogP contribution in [0.5, 0.6) is 0 Å². The molecule has 0 N–H and O–H groups in total. The SMILES string of the molecule is C[C@@H]1C[C@@H](C(=O)O[Si](C)(C)C)N(C(=O)CCl)C1.C[C@@H]1C[C@@H](C(=O)O[Si](C)(C)C)N([Si](C)(C)C)C1.O=C(F)CCl. The van der Waals surface area contributed by atoms with E-state index in [2.05, 4.69) is 62.4 Å². The third-order valence-electron chi connectivity index (χ3n) is 5.78. The van der Waals surface area contributed by atoms with E-state index in [-0.39, 0.29) is 29.8 Å². The van der Waals surface area contributed by atoms with Gasteiger partial charge in [-0.3, -0.25) is 19.2 Å². The zero-order chi connectivity index (χ0) is 30.9. The van der Waals surface area contributed by atoms with Crippen molar-refractivity contribution in [3.8, 4) is 0 Å². The van der Waals surface area contributed by atoms with Gasteiger partial charge in [-0.1, -0.05) is 33.5 Å². The zero-order valence-electron chi connectivity index (χ0n) is 25.5. The van der Waals surface area contributed by atoms with Gasteiger partial charge in [0.25, 0.3) is 0 Å². The summed E-state index contributed by atoms with van der Waals surface area (Å²) in [7, 11) is -5.08. The van der Waals surface area contributed by atoms with Crippen LogP contribution in [0.15, 0.2) is 0 Å². The predicted molar refractivity (Wildman–Crippen MR) is 163 cm³/mol. The molecule has 0 saturated carbocycles. The van der Waals surface area contributed by atoms with Crippen molar-refractivity contribution in [3.05, 3.63) is 0 Å². The largest absolute Gasteiger partial charge is 0.519 e. The van der Waals surface area contributed by atoms with E-state index in [0.29, 0.717) is 24.8 Å². The van der Waals surface area contributed by atoms with Crippen LogP contribution in [0, 0.1) is 11.8 Å². The summed E-state index contributed by atoms with van der Waals surface area (Å²) in [6.07, 6.45) is 1.64. The summed E-state index contributed by atoms with van der Waals surface area (Å²) < 4.78 is 24.2. The summed E-state index contributed by atoms with van der Waals surface area (Å²) in [5.74, 6) is -0.109. The molecule has 2 aliphatic heterocycles. The van der Waals surface area contributed by atoms with Gasteiger partial charge in [0.05, 0.1) is 0 Å². The van der Waals surface area contributed by atoms with Crippen molar-refractivity contribution >= 4 is 72.0 Å². The molecule has 2 fully saturated rings. The first-order chi connectivity index (χ1) is 17.5. The van der Waals surface area contributed by atoms with E-state index < -0.39 is 42.8 Å². The number of hydrogen-bond acceptors (Lipinski definition) is 7. The van der Waals surface area contributed by atoms with Gasteiger partial charge in [0.15, 0.2) is 0 Å². The Kier molecular flexibility index (Phi) is 15.7. The summed E-state index contributed by atoms with van der Waals surface area (Å²) >= 11 is 10.2. The lowest BCUT2D eigenvalue weighted by Gasteiger charge is -2.35. The summed E-state index contributed by atoms with van der Waals surface area (Å²) in [4.78, 5) is 46.5. The summed E-state index contributed by atoms with van der Waals surface area (Å²) in [5.41, 5.74) is 0. The van der Waals surface area contributed by atoms with Crippen LogP contribution in [-0.2, 0) is 28.0 Å². The van der Waals surface area contributed by atoms with Crippen LogP contribution in [0.25, 0.3) is 0 Å². The summed E-state index contributed by atoms with van der Waals surface area (Å²) in [6, 6.07) is -1.90. The highest BCUT2D eigenvalue weighted by Gasteiger charge is 2.43. The second kappa shape index (κ2) is 16.0. The maximum Gasteiger partial charge on any atom is 0.316 e. The van der Waals surface area contributed by atoms with Gasteiger partial charge in [-0.05, 0) is 70.5 Å². The highest BCUT2D eigenvalue weighted by molar-refractivity contribution is 6.74. The molecule has 14 heteroatoms. The van der Waals surface area contributed by atoms with Crippen LogP contribution < -0.4 is 0 Å². The monoisotopic (exact) mass is 646 g/mol. The van der Waals surface area contributed by atoms with Crippen LogP contribution >= 0.6 is 23.2 Å². The molecule has 39 heavy (non-hydrogen) atoms. The Bertz CT molecular complexity index is 849. The lowest BCUT2D eigenvalue weighted by atomic mass is 10.1. The van der Waals surface area contributed by atoms with Gasteiger partial charge in [0.1, 0.15) is 32.1 Å². The Balaban J connectivity index is 0.000000632. The smallest absolute Gasteiger partial charge is 0.316 e. The van der Waals surface area contributed by atoms with Crippen molar-refractivity contribution in [2.45, 2.75) is 97.7 Å². The van der Waals surface area contributed by atoms with Crippen molar-refractivity contribution in [3.63, 3.8) is 0 Å². The van der Waals surface area contributed by atoms with Crippen LogP contribution in [0.2, 0.25) is 58.9 Å². The molecule has 228 valence electrons. The number of nitrogens with zero attached hydrogens (tertiary/aromatic N) is 2. The fourth-order valence-corrected chi connectivity index (χ4v) is 8.01. The maximum atomic E-state index is 12.3. The number of carbonyl (C=O) groups is 4. The fraction of sp³-hybridized carbons (Fsp3) is 0.840. The van der Waals surface area contributed by atoms with E-state index in [9.17, 15) is 18.8 Å². The molecule has 0 bridgehead atoms. The van der Waals surface area contributed by atoms with Crippen molar-refractivity contribution in [2.75, 3.05) is 24.8 Å². The molecule has 2 aliphatic rings. The predicted octanol–water partition coefficient (Wildman–Crippen LogP) is 5.47. The lowest BCUT2D eigenvalue weighted by molar-refractivity contribution is -0.145. The molecular weight excluding hydrogens is 598 g/mol. The Labute approximate surface area is 247 Å². The normalized spacial score (nSPS) is 23.7. The van der Waals surface area contributed by atoms with E-state index >= 15 is 0 Å². The molecule has 0 spiro atoms. The lowest BCUT2D eigenvalue weighted by Crippen LogP contribution is -2.53. The van der Waals surface area contributed by atoms with Gasteiger partial charge in [0, 0.05) is 6.54 Å².